The summed E-state index contributed by atoms with van der Waals surface area (Å²) in [7, 11) is 0. The van der Waals surface area contributed by atoms with Gasteiger partial charge in [0.25, 0.3) is 0 Å². The van der Waals surface area contributed by atoms with Crippen molar-refractivity contribution >= 4 is 0 Å². The fourth-order valence-corrected chi connectivity index (χ4v) is 1.78. The summed E-state index contributed by atoms with van der Waals surface area (Å²) in [6.07, 6.45) is 12.6. The largest absolute Gasteiger partial charge is 0.235 e. The first-order valence-corrected chi connectivity index (χ1v) is 6.65. The van der Waals surface area contributed by atoms with Gasteiger partial charge < -0.3 is 0 Å². The van der Waals surface area contributed by atoms with E-state index in [2.05, 4.69) is 12.3 Å². The molecule has 0 aromatic carbocycles. The van der Waals surface area contributed by atoms with Gasteiger partial charge in [-0.1, -0.05) is 64.7 Å². The lowest BCUT2D eigenvalue weighted by Crippen LogP contribution is -2.22. The smallest absolute Gasteiger partial charge is 0.157 e. The van der Waals surface area contributed by atoms with Crippen molar-refractivity contribution in [3.05, 3.63) is 10.1 Å². The fourth-order valence-electron chi connectivity index (χ4n) is 1.78. The summed E-state index contributed by atoms with van der Waals surface area (Å²) in [5.74, 6) is 0. The molecule has 0 heterocycles. The van der Waals surface area contributed by atoms with Crippen molar-refractivity contribution in [1.82, 2.24) is 5.43 Å². The molecular formula is C12H26N2O2. The van der Waals surface area contributed by atoms with Crippen LogP contribution in [0, 0.1) is 10.1 Å². The SMILES string of the molecule is CCCCCCCCCCCCN[N+](=O)[O-]. The lowest BCUT2D eigenvalue weighted by molar-refractivity contribution is -0.544. The van der Waals surface area contributed by atoms with Crippen LogP contribution in [0.25, 0.3) is 0 Å². The van der Waals surface area contributed by atoms with Crippen LogP contribution in [0.15, 0.2) is 0 Å². The second-order valence-corrected chi connectivity index (χ2v) is 4.35. The van der Waals surface area contributed by atoms with Crippen LogP contribution < -0.4 is 5.43 Å². The van der Waals surface area contributed by atoms with E-state index in [4.69, 9.17) is 0 Å². The maximum atomic E-state index is 9.95. The number of unbranched alkanes of at least 4 members (excludes halogenated alkanes) is 9. The molecule has 0 unspecified atom stereocenters. The zero-order valence-electron chi connectivity index (χ0n) is 10.5. The number of nitrogens with zero attached hydrogens (tertiary/aromatic N) is 1. The third kappa shape index (κ3) is 13.2. The molecule has 0 saturated heterocycles. The molecule has 4 heteroatoms. The third-order valence-corrected chi connectivity index (χ3v) is 2.77. The van der Waals surface area contributed by atoms with E-state index in [-0.39, 0.29) is 0 Å². The Morgan fingerprint density at radius 3 is 1.75 bits per heavy atom. The summed E-state index contributed by atoms with van der Waals surface area (Å²) in [4.78, 5) is 9.95. The average molecular weight is 230 g/mol. The van der Waals surface area contributed by atoms with Gasteiger partial charge in [-0.05, 0) is 6.42 Å². The van der Waals surface area contributed by atoms with Crippen LogP contribution in [0.3, 0.4) is 0 Å². The number of hydrazine groups is 1. The standard InChI is InChI=1S/C12H26N2O2/c1-2-3-4-5-6-7-8-9-10-11-12-13-14(15)16/h13H,2-12H2,1H3. The van der Waals surface area contributed by atoms with Crippen LogP contribution in [-0.4, -0.2) is 11.6 Å². The maximum absolute atomic E-state index is 9.95. The molecule has 0 radical (unpaired) electrons. The molecule has 0 saturated carbocycles. The van der Waals surface area contributed by atoms with Gasteiger partial charge in [-0.3, -0.25) is 0 Å². The molecule has 0 amide bonds. The van der Waals surface area contributed by atoms with Crippen molar-refractivity contribution in [2.45, 2.75) is 71.1 Å². The molecule has 0 atom stereocenters. The Morgan fingerprint density at radius 1 is 0.875 bits per heavy atom. The van der Waals surface area contributed by atoms with E-state index < -0.39 is 5.03 Å². The van der Waals surface area contributed by atoms with Crippen LogP contribution >= 0.6 is 0 Å². The molecule has 0 aromatic heterocycles. The molecule has 0 aliphatic heterocycles. The van der Waals surface area contributed by atoms with Gasteiger partial charge in [-0.2, -0.15) is 0 Å². The third-order valence-electron chi connectivity index (χ3n) is 2.77. The lowest BCUT2D eigenvalue weighted by Gasteiger charge is -2.01. The first-order valence-electron chi connectivity index (χ1n) is 6.65. The van der Waals surface area contributed by atoms with Gasteiger partial charge in [0.05, 0.1) is 6.54 Å². The fraction of sp³-hybridized carbons (Fsp3) is 1.00. The van der Waals surface area contributed by atoms with Crippen LogP contribution in [0.2, 0.25) is 0 Å². The van der Waals surface area contributed by atoms with Gasteiger partial charge in [0.1, 0.15) is 0 Å². The molecule has 0 fully saturated rings. The van der Waals surface area contributed by atoms with E-state index in [1.54, 1.807) is 0 Å². The Bertz CT molecular complexity index is 163. The summed E-state index contributed by atoms with van der Waals surface area (Å²) >= 11 is 0. The predicted octanol–water partition coefficient (Wildman–Crippen LogP) is 3.69. The van der Waals surface area contributed by atoms with E-state index >= 15 is 0 Å². The molecular weight excluding hydrogens is 204 g/mol. The molecule has 0 aliphatic carbocycles. The highest BCUT2D eigenvalue weighted by molar-refractivity contribution is 4.47. The molecule has 16 heavy (non-hydrogen) atoms. The van der Waals surface area contributed by atoms with E-state index in [0.717, 1.165) is 12.8 Å². The van der Waals surface area contributed by atoms with E-state index in [1.165, 1.54) is 51.4 Å². The van der Waals surface area contributed by atoms with Gasteiger partial charge in [0.2, 0.25) is 0 Å². The van der Waals surface area contributed by atoms with Crippen molar-refractivity contribution in [3.8, 4) is 0 Å². The minimum absolute atomic E-state index is 0.465. The summed E-state index contributed by atoms with van der Waals surface area (Å²) in [5.41, 5.74) is 2.19. The monoisotopic (exact) mass is 230 g/mol. The highest BCUT2D eigenvalue weighted by atomic mass is 16.7. The summed E-state index contributed by atoms with van der Waals surface area (Å²) in [6, 6.07) is 0. The van der Waals surface area contributed by atoms with Crippen molar-refractivity contribution in [2.75, 3.05) is 6.54 Å². The van der Waals surface area contributed by atoms with E-state index in [0.29, 0.717) is 6.54 Å². The Morgan fingerprint density at radius 2 is 1.31 bits per heavy atom. The minimum Gasteiger partial charge on any atom is -0.235 e. The van der Waals surface area contributed by atoms with E-state index in [1.807, 2.05) is 0 Å². The van der Waals surface area contributed by atoms with Gasteiger partial charge in [0.15, 0.2) is 5.03 Å². The van der Waals surface area contributed by atoms with Crippen molar-refractivity contribution in [3.63, 3.8) is 0 Å². The zero-order chi connectivity index (χ0) is 12.1. The van der Waals surface area contributed by atoms with Crippen molar-refractivity contribution in [1.29, 1.82) is 0 Å². The second-order valence-electron chi connectivity index (χ2n) is 4.35. The Labute approximate surface area is 98.9 Å². The lowest BCUT2D eigenvalue weighted by atomic mass is 10.1. The average Bonchev–Trinajstić information content (AvgIpc) is 2.25. The first kappa shape index (κ1) is 15.2. The van der Waals surface area contributed by atoms with Gasteiger partial charge in [-0.25, -0.2) is 10.1 Å². The highest BCUT2D eigenvalue weighted by Gasteiger charge is 1.94. The van der Waals surface area contributed by atoms with E-state index in [9.17, 15) is 10.1 Å². The molecule has 0 aromatic rings. The second kappa shape index (κ2) is 12.3. The quantitative estimate of drug-likeness (QED) is 0.316. The summed E-state index contributed by atoms with van der Waals surface area (Å²) in [6.45, 7) is 2.74. The van der Waals surface area contributed by atoms with Crippen LogP contribution in [0.1, 0.15) is 71.1 Å². The van der Waals surface area contributed by atoms with Gasteiger partial charge in [0, 0.05) is 0 Å². The first-order chi connectivity index (χ1) is 7.77. The van der Waals surface area contributed by atoms with Crippen molar-refractivity contribution < 1.29 is 5.03 Å². The topological polar surface area (TPSA) is 55.2 Å². The molecule has 0 spiro atoms. The van der Waals surface area contributed by atoms with Crippen LogP contribution in [-0.2, 0) is 0 Å². The normalized spacial score (nSPS) is 10.3. The number of hydrogen-bond donors (Lipinski definition) is 1. The highest BCUT2D eigenvalue weighted by Crippen LogP contribution is 2.10. The molecule has 96 valence electrons. The molecule has 0 aliphatic rings. The van der Waals surface area contributed by atoms with Crippen LogP contribution in [0.4, 0.5) is 0 Å². The number of nitrogens with one attached hydrogen (secondary N) is 1. The molecule has 1 N–H and O–H groups in total. The Kier molecular flexibility index (Phi) is 11.7. The Hall–Kier alpha value is -0.800. The maximum Gasteiger partial charge on any atom is 0.157 e. The minimum atomic E-state index is -0.465. The number of rotatable bonds is 12. The predicted molar refractivity (Wildman–Crippen MR) is 66.8 cm³/mol. The zero-order valence-corrected chi connectivity index (χ0v) is 10.5. The summed E-state index contributed by atoms with van der Waals surface area (Å²) in [5, 5.41) is 9.49. The molecule has 0 rings (SSSR count). The molecule has 0 bridgehead atoms. The van der Waals surface area contributed by atoms with Gasteiger partial charge in [-0.15, -0.1) is 5.43 Å². The number of hydrogen-bond acceptors (Lipinski definition) is 2. The Balaban J connectivity index is 2.90. The van der Waals surface area contributed by atoms with Crippen LogP contribution in [0.5, 0.6) is 0 Å². The van der Waals surface area contributed by atoms with Gasteiger partial charge >= 0.3 is 0 Å². The molecule has 4 nitrogen and oxygen atoms in total. The van der Waals surface area contributed by atoms with Crippen molar-refractivity contribution in [2.24, 2.45) is 0 Å². The summed E-state index contributed by atoms with van der Waals surface area (Å²) < 4.78 is 0. The number of nitro groups is 1.